The van der Waals surface area contributed by atoms with Crippen molar-refractivity contribution < 1.29 is 5.11 Å². The lowest BCUT2D eigenvalue weighted by Crippen LogP contribution is -2.30. The van der Waals surface area contributed by atoms with Gasteiger partial charge in [0.15, 0.2) is 0 Å². The maximum absolute atomic E-state index is 10.1. The molecule has 1 aromatic rings. The average Bonchev–Trinajstić information content (AvgIpc) is 2.48. The summed E-state index contributed by atoms with van der Waals surface area (Å²) in [6.07, 6.45) is 3.46. The Labute approximate surface area is 119 Å². The Bertz CT molecular complexity index is 421. The van der Waals surface area contributed by atoms with Crippen LogP contribution in [0.5, 0.6) is 0 Å². The smallest absolute Gasteiger partial charge is 0.0991 e. The van der Waals surface area contributed by atoms with Crippen molar-refractivity contribution >= 4 is 11.8 Å². The quantitative estimate of drug-likeness (QED) is 0.867. The van der Waals surface area contributed by atoms with E-state index in [-0.39, 0.29) is 0 Å². The standard InChI is InChI=1S/C15H20N2OS/c16-9-12-4-6-13(7-5-12)15(18)11-17-10-14-3-1-2-8-19-14/h4-7,14-15,17-18H,1-3,8,10-11H2. The van der Waals surface area contributed by atoms with Gasteiger partial charge in [0.05, 0.1) is 17.7 Å². The molecule has 2 unspecified atom stereocenters. The van der Waals surface area contributed by atoms with Crippen LogP contribution in [0.15, 0.2) is 24.3 Å². The predicted octanol–water partition coefficient (Wildman–Crippen LogP) is 2.47. The van der Waals surface area contributed by atoms with Gasteiger partial charge in [-0.1, -0.05) is 18.6 Å². The molecule has 0 spiro atoms. The number of aliphatic hydroxyl groups is 1. The summed E-state index contributed by atoms with van der Waals surface area (Å²) in [4.78, 5) is 0. The van der Waals surface area contributed by atoms with E-state index in [9.17, 15) is 5.11 Å². The van der Waals surface area contributed by atoms with Gasteiger partial charge in [-0.25, -0.2) is 0 Å². The van der Waals surface area contributed by atoms with E-state index in [1.165, 1.54) is 25.0 Å². The Morgan fingerprint density at radius 3 is 2.79 bits per heavy atom. The second-order valence-corrected chi connectivity index (χ2v) is 6.30. The molecule has 0 bridgehead atoms. The molecule has 0 amide bonds. The third kappa shape index (κ3) is 4.54. The number of rotatable bonds is 5. The molecular formula is C15H20N2OS. The first-order chi connectivity index (χ1) is 9.29. The van der Waals surface area contributed by atoms with Crippen LogP contribution in [0.3, 0.4) is 0 Å². The normalized spacial score (nSPS) is 20.7. The summed E-state index contributed by atoms with van der Waals surface area (Å²) in [5, 5.41) is 22.8. The van der Waals surface area contributed by atoms with Crippen molar-refractivity contribution in [3.8, 4) is 6.07 Å². The Morgan fingerprint density at radius 2 is 2.16 bits per heavy atom. The maximum Gasteiger partial charge on any atom is 0.0991 e. The van der Waals surface area contributed by atoms with Crippen molar-refractivity contribution in [3.63, 3.8) is 0 Å². The van der Waals surface area contributed by atoms with Gasteiger partial charge in [-0.2, -0.15) is 17.0 Å². The largest absolute Gasteiger partial charge is 0.387 e. The highest BCUT2D eigenvalue weighted by atomic mass is 32.2. The van der Waals surface area contributed by atoms with E-state index < -0.39 is 6.10 Å². The molecule has 0 saturated carbocycles. The van der Waals surface area contributed by atoms with E-state index in [4.69, 9.17) is 5.26 Å². The summed E-state index contributed by atoms with van der Waals surface area (Å²) in [7, 11) is 0. The molecule has 0 aliphatic carbocycles. The number of nitrogens with zero attached hydrogens (tertiary/aromatic N) is 1. The molecule has 1 saturated heterocycles. The lowest BCUT2D eigenvalue weighted by atomic mass is 10.1. The van der Waals surface area contributed by atoms with E-state index in [1.54, 1.807) is 12.1 Å². The minimum absolute atomic E-state index is 0.499. The van der Waals surface area contributed by atoms with Crippen LogP contribution < -0.4 is 5.32 Å². The summed E-state index contributed by atoms with van der Waals surface area (Å²) >= 11 is 2.04. The van der Waals surface area contributed by atoms with Gasteiger partial charge in [0.2, 0.25) is 0 Å². The lowest BCUT2D eigenvalue weighted by molar-refractivity contribution is 0.175. The Hall–Kier alpha value is -1.02. The highest BCUT2D eigenvalue weighted by Gasteiger charge is 2.14. The molecule has 4 heteroatoms. The Morgan fingerprint density at radius 1 is 1.37 bits per heavy atom. The zero-order chi connectivity index (χ0) is 13.5. The summed E-state index contributed by atoms with van der Waals surface area (Å²) in [6, 6.07) is 9.21. The maximum atomic E-state index is 10.1. The molecule has 3 nitrogen and oxygen atoms in total. The van der Waals surface area contributed by atoms with Crippen molar-refractivity contribution in [2.45, 2.75) is 30.6 Å². The monoisotopic (exact) mass is 276 g/mol. The van der Waals surface area contributed by atoms with E-state index >= 15 is 0 Å². The van der Waals surface area contributed by atoms with Gasteiger partial charge in [0.1, 0.15) is 0 Å². The third-order valence-electron chi connectivity index (χ3n) is 3.41. The van der Waals surface area contributed by atoms with Gasteiger partial charge >= 0.3 is 0 Å². The summed E-state index contributed by atoms with van der Waals surface area (Å²) < 4.78 is 0. The molecule has 1 fully saturated rings. The fourth-order valence-corrected chi connectivity index (χ4v) is 3.52. The fourth-order valence-electron chi connectivity index (χ4n) is 2.25. The number of hydrogen-bond donors (Lipinski definition) is 2. The van der Waals surface area contributed by atoms with Crippen LogP contribution in [0.2, 0.25) is 0 Å². The second-order valence-electron chi connectivity index (χ2n) is 4.90. The number of nitriles is 1. The molecule has 2 N–H and O–H groups in total. The van der Waals surface area contributed by atoms with Crippen molar-refractivity contribution in [1.29, 1.82) is 5.26 Å². The molecule has 2 atom stereocenters. The molecule has 19 heavy (non-hydrogen) atoms. The highest BCUT2D eigenvalue weighted by Crippen LogP contribution is 2.24. The first kappa shape index (κ1) is 14.4. The van der Waals surface area contributed by atoms with E-state index in [0.717, 1.165) is 12.1 Å². The van der Waals surface area contributed by atoms with Gasteiger partial charge in [-0.05, 0) is 36.3 Å². The highest BCUT2D eigenvalue weighted by molar-refractivity contribution is 7.99. The van der Waals surface area contributed by atoms with Gasteiger partial charge in [-0.15, -0.1) is 0 Å². The molecular weight excluding hydrogens is 256 g/mol. The zero-order valence-corrected chi connectivity index (χ0v) is 11.8. The Balaban J connectivity index is 1.73. The first-order valence-corrected chi connectivity index (χ1v) is 7.85. The molecule has 0 radical (unpaired) electrons. The van der Waals surface area contributed by atoms with Crippen molar-refractivity contribution in [3.05, 3.63) is 35.4 Å². The van der Waals surface area contributed by atoms with Crippen LogP contribution in [0.4, 0.5) is 0 Å². The summed E-state index contributed by atoms with van der Waals surface area (Å²) in [5.41, 5.74) is 1.49. The van der Waals surface area contributed by atoms with E-state index in [2.05, 4.69) is 11.4 Å². The molecule has 0 aromatic heterocycles. The second kappa shape index (κ2) is 7.54. The Kier molecular flexibility index (Phi) is 5.71. The van der Waals surface area contributed by atoms with Crippen LogP contribution in [-0.2, 0) is 0 Å². The molecule has 1 aliphatic rings. The van der Waals surface area contributed by atoms with E-state index in [0.29, 0.717) is 17.4 Å². The first-order valence-electron chi connectivity index (χ1n) is 6.80. The van der Waals surface area contributed by atoms with Crippen LogP contribution in [0.25, 0.3) is 0 Å². The topological polar surface area (TPSA) is 56.0 Å². The molecule has 102 valence electrons. The van der Waals surface area contributed by atoms with Crippen LogP contribution >= 0.6 is 11.8 Å². The molecule has 2 rings (SSSR count). The van der Waals surface area contributed by atoms with Crippen LogP contribution in [0, 0.1) is 11.3 Å². The van der Waals surface area contributed by atoms with Crippen LogP contribution in [-0.4, -0.2) is 29.2 Å². The minimum atomic E-state index is -0.499. The minimum Gasteiger partial charge on any atom is -0.387 e. The van der Waals surface area contributed by atoms with Crippen molar-refractivity contribution in [1.82, 2.24) is 5.32 Å². The SMILES string of the molecule is N#Cc1ccc(C(O)CNCC2CCCCS2)cc1. The van der Waals surface area contributed by atoms with Crippen molar-refractivity contribution in [2.75, 3.05) is 18.8 Å². The zero-order valence-electron chi connectivity index (χ0n) is 11.0. The molecule has 1 aromatic carbocycles. The molecule has 1 aliphatic heterocycles. The predicted molar refractivity (Wildman–Crippen MR) is 79.1 cm³/mol. The lowest BCUT2D eigenvalue weighted by Gasteiger charge is -2.22. The van der Waals surface area contributed by atoms with Crippen LogP contribution in [0.1, 0.15) is 36.5 Å². The van der Waals surface area contributed by atoms with Crippen molar-refractivity contribution in [2.24, 2.45) is 0 Å². The van der Waals surface area contributed by atoms with E-state index in [1.807, 2.05) is 23.9 Å². The van der Waals surface area contributed by atoms with Gasteiger partial charge in [0.25, 0.3) is 0 Å². The summed E-state index contributed by atoms with van der Waals surface area (Å²) in [6.45, 7) is 1.54. The number of benzene rings is 1. The average molecular weight is 276 g/mol. The third-order valence-corrected chi connectivity index (χ3v) is 4.81. The molecule has 1 heterocycles. The van der Waals surface area contributed by atoms with Gasteiger partial charge < -0.3 is 10.4 Å². The number of thioether (sulfide) groups is 1. The van der Waals surface area contributed by atoms with Gasteiger partial charge in [-0.3, -0.25) is 0 Å². The fraction of sp³-hybridized carbons (Fsp3) is 0.533. The number of nitrogens with one attached hydrogen (secondary N) is 1. The number of hydrogen-bond acceptors (Lipinski definition) is 4. The number of aliphatic hydroxyl groups excluding tert-OH is 1. The summed E-state index contributed by atoms with van der Waals surface area (Å²) in [5.74, 6) is 1.27. The van der Waals surface area contributed by atoms with Gasteiger partial charge in [0, 0.05) is 18.3 Å².